The Morgan fingerprint density at radius 2 is 2.29 bits per heavy atom. The molecular formula is C12H21NS. The molecule has 0 amide bonds. The second-order valence-electron chi connectivity index (χ2n) is 3.71. The summed E-state index contributed by atoms with van der Waals surface area (Å²) in [5, 5.41) is 5.76. The van der Waals surface area contributed by atoms with Crippen molar-refractivity contribution in [1.82, 2.24) is 5.32 Å². The smallest absolute Gasteiger partial charge is 0.0302 e. The molecule has 1 aromatic heterocycles. The van der Waals surface area contributed by atoms with E-state index in [9.17, 15) is 0 Å². The average Bonchev–Trinajstić information content (AvgIpc) is 2.71. The van der Waals surface area contributed by atoms with Crippen LogP contribution in [0.4, 0.5) is 0 Å². The van der Waals surface area contributed by atoms with Crippen LogP contribution in [0, 0.1) is 0 Å². The first kappa shape index (κ1) is 11.7. The van der Waals surface area contributed by atoms with Crippen LogP contribution in [0.1, 0.15) is 44.4 Å². The molecule has 1 unspecified atom stereocenters. The van der Waals surface area contributed by atoms with Gasteiger partial charge in [-0.1, -0.05) is 32.8 Å². The Kier molecular flexibility index (Phi) is 5.88. The highest BCUT2D eigenvalue weighted by molar-refractivity contribution is 7.09. The summed E-state index contributed by atoms with van der Waals surface area (Å²) in [7, 11) is 0. The van der Waals surface area contributed by atoms with Crippen molar-refractivity contribution in [3.63, 3.8) is 0 Å². The Bertz CT molecular complexity index is 218. The minimum absolute atomic E-state index is 0.706. The van der Waals surface area contributed by atoms with Crippen LogP contribution in [0.15, 0.2) is 17.5 Å². The molecule has 80 valence electrons. The van der Waals surface area contributed by atoms with E-state index in [0.717, 1.165) is 6.54 Å². The molecule has 0 aromatic carbocycles. The minimum Gasteiger partial charge on any atom is -0.309 e. The summed E-state index contributed by atoms with van der Waals surface area (Å²) in [5.41, 5.74) is 0. The third-order valence-corrected chi connectivity index (χ3v) is 3.42. The Balaban J connectivity index is 2.20. The maximum atomic E-state index is 3.62. The highest BCUT2D eigenvalue weighted by atomic mass is 32.1. The summed E-state index contributed by atoms with van der Waals surface area (Å²) in [5.74, 6) is 0. The van der Waals surface area contributed by atoms with Crippen LogP contribution in [0.2, 0.25) is 0 Å². The topological polar surface area (TPSA) is 12.0 Å². The number of hydrogen-bond acceptors (Lipinski definition) is 2. The minimum atomic E-state index is 0.706. The van der Waals surface area contributed by atoms with E-state index < -0.39 is 0 Å². The quantitative estimate of drug-likeness (QED) is 0.723. The SMILES string of the molecule is CCCCC(CC)NCc1cccs1. The van der Waals surface area contributed by atoms with E-state index in [1.54, 1.807) is 0 Å². The molecule has 1 atom stereocenters. The fraction of sp³-hybridized carbons (Fsp3) is 0.667. The molecule has 0 bridgehead atoms. The lowest BCUT2D eigenvalue weighted by atomic mass is 10.1. The van der Waals surface area contributed by atoms with Crippen molar-refractivity contribution in [3.8, 4) is 0 Å². The van der Waals surface area contributed by atoms with Crippen LogP contribution in [-0.4, -0.2) is 6.04 Å². The van der Waals surface area contributed by atoms with Crippen LogP contribution in [0.3, 0.4) is 0 Å². The lowest BCUT2D eigenvalue weighted by Gasteiger charge is -2.15. The van der Waals surface area contributed by atoms with Crippen molar-refractivity contribution in [2.24, 2.45) is 0 Å². The predicted octanol–water partition coefficient (Wildman–Crippen LogP) is 3.81. The molecule has 0 aliphatic carbocycles. The van der Waals surface area contributed by atoms with Gasteiger partial charge in [-0.3, -0.25) is 0 Å². The number of unbranched alkanes of at least 4 members (excludes halogenated alkanes) is 1. The highest BCUT2D eigenvalue weighted by Crippen LogP contribution is 2.10. The summed E-state index contributed by atoms with van der Waals surface area (Å²) >= 11 is 1.84. The molecule has 0 aliphatic rings. The molecule has 0 aliphatic heterocycles. The van der Waals surface area contributed by atoms with Gasteiger partial charge in [0.25, 0.3) is 0 Å². The van der Waals surface area contributed by atoms with Crippen molar-refractivity contribution >= 4 is 11.3 Å². The van der Waals surface area contributed by atoms with Gasteiger partial charge in [0.05, 0.1) is 0 Å². The first-order chi connectivity index (χ1) is 6.86. The van der Waals surface area contributed by atoms with E-state index in [1.807, 2.05) is 11.3 Å². The lowest BCUT2D eigenvalue weighted by molar-refractivity contribution is 0.454. The van der Waals surface area contributed by atoms with E-state index in [2.05, 4.69) is 36.7 Å². The predicted molar refractivity (Wildman–Crippen MR) is 64.8 cm³/mol. The van der Waals surface area contributed by atoms with Crippen LogP contribution < -0.4 is 5.32 Å². The molecule has 0 spiro atoms. The van der Waals surface area contributed by atoms with Crippen LogP contribution in [0.5, 0.6) is 0 Å². The molecule has 1 rings (SSSR count). The zero-order chi connectivity index (χ0) is 10.2. The number of thiophene rings is 1. The van der Waals surface area contributed by atoms with Crippen LogP contribution in [-0.2, 0) is 6.54 Å². The van der Waals surface area contributed by atoms with E-state index in [4.69, 9.17) is 0 Å². The first-order valence-electron chi connectivity index (χ1n) is 5.62. The number of rotatable bonds is 7. The van der Waals surface area contributed by atoms with Gasteiger partial charge in [-0.25, -0.2) is 0 Å². The maximum Gasteiger partial charge on any atom is 0.0302 e. The van der Waals surface area contributed by atoms with E-state index >= 15 is 0 Å². The zero-order valence-corrected chi connectivity index (χ0v) is 10.1. The molecule has 0 saturated heterocycles. The molecule has 0 fully saturated rings. The third-order valence-electron chi connectivity index (χ3n) is 2.54. The van der Waals surface area contributed by atoms with Crippen molar-refractivity contribution in [3.05, 3.63) is 22.4 Å². The third kappa shape index (κ3) is 4.25. The van der Waals surface area contributed by atoms with Crippen molar-refractivity contribution in [1.29, 1.82) is 0 Å². The van der Waals surface area contributed by atoms with Gasteiger partial charge in [-0.15, -0.1) is 11.3 Å². The molecular weight excluding hydrogens is 190 g/mol. The van der Waals surface area contributed by atoms with Gasteiger partial charge >= 0.3 is 0 Å². The largest absolute Gasteiger partial charge is 0.309 e. The monoisotopic (exact) mass is 211 g/mol. The molecule has 1 heterocycles. The molecule has 0 saturated carbocycles. The molecule has 14 heavy (non-hydrogen) atoms. The Morgan fingerprint density at radius 1 is 1.43 bits per heavy atom. The van der Waals surface area contributed by atoms with Gasteiger partial charge in [0.1, 0.15) is 0 Å². The second-order valence-corrected chi connectivity index (χ2v) is 4.74. The van der Waals surface area contributed by atoms with E-state index in [0.29, 0.717) is 6.04 Å². The van der Waals surface area contributed by atoms with Gasteiger partial charge in [0, 0.05) is 17.5 Å². The van der Waals surface area contributed by atoms with E-state index in [1.165, 1.54) is 30.6 Å². The van der Waals surface area contributed by atoms with Gasteiger partial charge in [0.2, 0.25) is 0 Å². The van der Waals surface area contributed by atoms with Crippen LogP contribution >= 0.6 is 11.3 Å². The molecule has 1 N–H and O–H groups in total. The standard InChI is InChI=1S/C12H21NS/c1-3-5-7-11(4-2)13-10-12-8-6-9-14-12/h6,8-9,11,13H,3-5,7,10H2,1-2H3. The van der Waals surface area contributed by atoms with Gasteiger partial charge in [-0.2, -0.15) is 0 Å². The average molecular weight is 211 g/mol. The highest BCUT2D eigenvalue weighted by Gasteiger charge is 2.04. The van der Waals surface area contributed by atoms with Crippen molar-refractivity contribution < 1.29 is 0 Å². The van der Waals surface area contributed by atoms with Crippen LogP contribution in [0.25, 0.3) is 0 Å². The normalized spacial score (nSPS) is 13.0. The Labute approximate surface area is 91.5 Å². The summed E-state index contributed by atoms with van der Waals surface area (Å²) < 4.78 is 0. The maximum absolute atomic E-state index is 3.62. The first-order valence-corrected chi connectivity index (χ1v) is 6.50. The molecule has 0 radical (unpaired) electrons. The van der Waals surface area contributed by atoms with Crippen molar-refractivity contribution in [2.75, 3.05) is 0 Å². The molecule has 1 nitrogen and oxygen atoms in total. The summed E-state index contributed by atoms with van der Waals surface area (Å²) in [6.45, 7) is 5.56. The van der Waals surface area contributed by atoms with Gasteiger partial charge < -0.3 is 5.32 Å². The summed E-state index contributed by atoms with van der Waals surface area (Å²) in [6, 6.07) is 5.02. The van der Waals surface area contributed by atoms with Gasteiger partial charge in [-0.05, 0) is 24.3 Å². The number of hydrogen-bond donors (Lipinski definition) is 1. The molecule has 1 aromatic rings. The Hall–Kier alpha value is -0.340. The lowest BCUT2D eigenvalue weighted by Crippen LogP contribution is -2.27. The fourth-order valence-corrected chi connectivity index (χ4v) is 2.21. The second kappa shape index (κ2) is 7.02. The van der Waals surface area contributed by atoms with Crippen molar-refractivity contribution in [2.45, 2.75) is 52.1 Å². The summed E-state index contributed by atoms with van der Waals surface area (Å²) in [4.78, 5) is 1.44. The molecule has 2 heteroatoms. The summed E-state index contributed by atoms with van der Waals surface area (Å²) in [6.07, 6.45) is 5.21. The Morgan fingerprint density at radius 3 is 2.86 bits per heavy atom. The zero-order valence-electron chi connectivity index (χ0n) is 9.25. The fourth-order valence-electron chi connectivity index (χ4n) is 1.56. The van der Waals surface area contributed by atoms with E-state index in [-0.39, 0.29) is 0 Å². The van der Waals surface area contributed by atoms with Gasteiger partial charge in [0.15, 0.2) is 0 Å². The number of nitrogens with one attached hydrogen (secondary N) is 1.